The average molecular weight is 390 g/mol. The summed E-state index contributed by atoms with van der Waals surface area (Å²) >= 11 is 3.04. The smallest absolute Gasteiger partial charge is 0.261 e. The van der Waals surface area contributed by atoms with Crippen LogP contribution in [0.5, 0.6) is 0 Å². The molecule has 0 bridgehead atoms. The van der Waals surface area contributed by atoms with Crippen molar-refractivity contribution in [3.63, 3.8) is 0 Å². The van der Waals surface area contributed by atoms with Crippen molar-refractivity contribution in [2.45, 2.75) is 38.5 Å². The van der Waals surface area contributed by atoms with Crippen LogP contribution >= 0.6 is 22.7 Å². The number of aryl methyl sites for hydroxylation is 2. The number of carbonyl (C=O) groups excluding carboxylic acids is 2. The number of carbonyl (C=O) groups is 2. The van der Waals surface area contributed by atoms with E-state index in [-0.39, 0.29) is 11.8 Å². The number of anilines is 1. The number of aromatic nitrogens is 1. The van der Waals surface area contributed by atoms with E-state index in [1.807, 2.05) is 11.4 Å². The van der Waals surface area contributed by atoms with Gasteiger partial charge in [-0.25, -0.2) is 4.98 Å². The van der Waals surface area contributed by atoms with E-state index in [4.69, 9.17) is 0 Å². The van der Waals surface area contributed by atoms with E-state index in [9.17, 15) is 9.59 Å². The molecule has 2 aromatic rings. The molecule has 5 nitrogen and oxygen atoms in total. The number of nitrogens with zero attached hydrogens (tertiary/aromatic N) is 2. The van der Waals surface area contributed by atoms with E-state index in [0.717, 1.165) is 23.7 Å². The summed E-state index contributed by atoms with van der Waals surface area (Å²) in [5.74, 6) is -0.0515. The summed E-state index contributed by atoms with van der Waals surface area (Å²) in [7, 11) is 0. The Hall–Kier alpha value is -1.99. The first-order valence-electron chi connectivity index (χ1n) is 8.90. The molecule has 1 N–H and O–H groups in total. The van der Waals surface area contributed by atoms with Crippen LogP contribution in [-0.4, -0.2) is 29.9 Å². The molecule has 0 aromatic carbocycles. The fourth-order valence-electron chi connectivity index (χ4n) is 2.94. The molecule has 0 saturated carbocycles. The molecule has 0 spiro atoms. The molecular formula is C19H23N3O2S2. The third kappa shape index (κ3) is 4.59. The maximum atomic E-state index is 12.7. The number of fused-ring (bicyclic) bond motifs is 1. The maximum absolute atomic E-state index is 12.7. The highest BCUT2D eigenvalue weighted by molar-refractivity contribution is 7.16. The second-order valence-electron chi connectivity index (χ2n) is 6.20. The fourth-order valence-corrected chi connectivity index (χ4v) is 4.76. The van der Waals surface area contributed by atoms with Crippen LogP contribution in [0.4, 0.5) is 5.13 Å². The molecular weight excluding hydrogens is 366 g/mol. The minimum atomic E-state index is -0.0806. The van der Waals surface area contributed by atoms with Crippen LogP contribution in [0.3, 0.4) is 0 Å². The first-order valence-corrected chi connectivity index (χ1v) is 10.6. The largest absolute Gasteiger partial charge is 0.351 e. The summed E-state index contributed by atoms with van der Waals surface area (Å²) in [4.78, 5) is 33.0. The van der Waals surface area contributed by atoms with E-state index in [0.29, 0.717) is 30.8 Å². The topological polar surface area (TPSA) is 62.3 Å². The first-order chi connectivity index (χ1) is 12.7. The molecule has 0 unspecified atom stereocenters. The zero-order valence-electron chi connectivity index (χ0n) is 14.7. The summed E-state index contributed by atoms with van der Waals surface area (Å²) in [6, 6.07) is 3.64. The number of rotatable bonds is 8. The van der Waals surface area contributed by atoms with Crippen molar-refractivity contribution in [2.75, 3.05) is 18.0 Å². The Morgan fingerprint density at radius 3 is 2.92 bits per heavy atom. The highest BCUT2D eigenvalue weighted by Crippen LogP contribution is 2.32. The van der Waals surface area contributed by atoms with Crippen LogP contribution < -0.4 is 10.2 Å². The number of hydrogen-bond donors (Lipinski definition) is 1. The Morgan fingerprint density at radius 1 is 1.35 bits per heavy atom. The Balaban J connectivity index is 1.53. The lowest BCUT2D eigenvalue weighted by Crippen LogP contribution is -2.32. The van der Waals surface area contributed by atoms with Gasteiger partial charge in [0.25, 0.3) is 5.91 Å². The summed E-state index contributed by atoms with van der Waals surface area (Å²) in [5, 5.41) is 5.51. The second-order valence-corrected chi connectivity index (χ2v) is 8.21. The van der Waals surface area contributed by atoms with E-state index >= 15 is 0 Å². The first kappa shape index (κ1) is 18.8. The van der Waals surface area contributed by atoms with Crippen LogP contribution in [0.2, 0.25) is 0 Å². The number of thiophene rings is 1. The lowest BCUT2D eigenvalue weighted by atomic mass is 10.0. The van der Waals surface area contributed by atoms with E-state index in [2.05, 4.69) is 16.9 Å². The van der Waals surface area contributed by atoms with Gasteiger partial charge in [0, 0.05) is 24.4 Å². The van der Waals surface area contributed by atoms with Gasteiger partial charge in [0.05, 0.1) is 10.6 Å². The molecule has 1 aliphatic carbocycles. The quantitative estimate of drug-likeness (QED) is 0.552. The average Bonchev–Trinajstić information content (AvgIpc) is 3.32. The minimum absolute atomic E-state index is 0.0290. The minimum Gasteiger partial charge on any atom is -0.351 e. The number of amides is 2. The Labute approximate surface area is 161 Å². The van der Waals surface area contributed by atoms with Crippen molar-refractivity contribution in [2.24, 2.45) is 0 Å². The molecule has 0 saturated heterocycles. The molecule has 3 rings (SSSR count). The van der Waals surface area contributed by atoms with Gasteiger partial charge >= 0.3 is 0 Å². The van der Waals surface area contributed by atoms with Gasteiger partial charge < -0.3 is 5.32 Å². The zero-order valence-corrected chi connectivity index (χ0v) is 16.3. The van der Waals surface area contributed by atoms with E-state index in [1.165, 1.54) is 29.1 Å². The Bertz CT molecular complexity index is 744. The molecule has 0 atom stereocenters. The normalized spacial score (nSPS) is 13.1. The third-order valence-corrected chi connectivity index (χ3v) is 6.32. The van der Waals surface area contributed by atoms with Gasteiger partial charge in [-0.2, -0.15) is 0 Å². The van der Waals surface area contributed by atoms with Gasteiger partial charge in [-0.1, -0.05) is 12.1 Å². The zero-order chi connectivity index (χ0) is 18.4. The van der Waals surface area contributed by atoms with Gasteiger partial charge in [-0.15, -0.1) is 29.3 Å². The van der Waals surface area contributed by atoms with Crippen molar-refractivity contribution >= 4 is 39.6 Å². The SMILES string of the molecule is C=CCN(C(=O)CCCNC(=O)c1cccs1)c1nc2c(s1)CCCC2. The number of nitrogens with one attached hydrogen (secondary N) is 1. The summed E-state index contributed by atoms with van der Waals surface area (Å²) in [6.45, 7) is 4.72. The molecule has 1 aliphatic rings. The number of hydrogen-bond acceptors (Lipinski definition) is 5. The molecule has 0 fully saturated rings. The lowest BCUT2D eigenvalue weighted by Gasteiger charge is -2.18. The van der Waals surface area contributed by atoms with Crippen LogP contribution in [0.15, 0.2) is 30.2 Å². The molecule has 0 radical (unpaired) electrons. The predicted molar refractivity (Wildman–Crippen MR) is 107 cm³/mol. The van der Waals surface area contributed by atoms with Crippen molar-refractivity contribution in [1.29, 1.82) is 0 Å². The summed E-state index contributed by atoms with van der Waals surface area (Å²) in [5.41, 5.74) is 1.15. The van der Waals surface area contributed by atoms with Crippen molar-refractivity contribution in [3.05, 3.63) is 45.6 Å². The predicted octanol–water partition coefficient (Wildman–Crippen LogP) is 3.81. The summed E-state index contributed by atoms with van der Waals surface area (Å²) < 4.78 is 0. The third-order valence-electron chi connectivity index (χ3n) is 4.28. The van der Waals surface area contributed by atoms with Gasteiger partial charge in [-0.05, 0) is 43.6 Å². The van der Waals surface area contributed by atoms with Gasteiger partial charge in [0.1, 0.15) is 0 Å². The molecule has 138 valence electrons. The Kier molecular flexibility index (Phi) is 6.57. The lowest BCUT2D eigenvalue weighted by molar-refractivity contribution is -0.118. The monoisotopic (exact) mass is 389 g/mol. The van der Waals surface area contributed by atoms with Crippen LogP contribution in [0.25, 0.3) is 0 Å². The van der Waals surface area contributed by atoms with Crippen molar-refractivity contribution < 1.29 is 9.59 Å². The molecule has 26 heavy (non-hydrogen) atoms. The fraction of sp³-hybridized carbons (Fsp3) is 0.421. The van der Waals surface area contributed by atoms with Crippen LogP contribution in [0.1, 0.15) is 45.9 Å². The van der Waals surface area contributed by atoms with E-state index < -0.39 is 0 Å². The van der Waals surface area contributed by atoms with Gasteiger partial charge in [0.15, 0.2) is 5.13 Å². The second kappa shape index (κ2) is 9.09. The Morgan fingerprint density at radius 2 is 2.19 bits per heavy atom. The number of thiazole rings is 1. The highest BCUT2D eigenvalue weighted by atomic mass is 32.1. The molecule has 7 heteroatoms. The summed E-state index contributed by atoms with van der Waals surface area (Å²) in [6.07, 6.45) is 7.17. The molecule has 2 aromatic heterocycles. The van der Waals surface area contributed by atoms with E-state index in [1.54, 1.807) is 28.4 Å². The van der Waals surface area contributed by atoms with Crippen molar-refractivity contribution in [3.8, 4) is 0 Å². The highest BCUT2D eigenvalue weighted by Gasteiger charge is 2.22. The molecule has 2 amide bonds. The van der Waals surface area contributed by atoms with Crippen molar-refractivity contribution in [1.82, 2.24) is 10.3 Å². The van der Waals surface area contributed by atoms with Crippen LogP contribution in [-0.2, 0) is 17.6 Å². The molecule has 0 aliphatic heterocycles. The van der Waals surface area contributed by atoms with Gasteiger partial charge in [0.2, 0.25) is 5.91 Å². The maximum Gasteiger partial charge on any atom is 0.261 e. The van der Waals surface area contributed by atoms with Gasteiger partial charge in [-0.3, -0.25) is 14.5 Å². The molecule has 2 heterocycles. The standard InChI is InChI=1S/C19H23N3O2S2/c1-2-12-22(19-21-14-7-3-4-8-15(14)26-19)17(23)10-5-11-20-18(24)16-9-6-13-25-16/h2,6,9,13H,1,3-5,7-8,10-12H2,(H,20,24). The van der Waals surface area contributed by atoms with Crippen LogP contribution in [0, 0.1) is 0 Å².